The molecule has 6 heavy (non-hydrogen) atoms. The Labute approximate surface area is 36.8 Å². The van der Waals surface area contributed by atoms with Crippen molar-refractivity contribution in [1.82, 2.24) is 4.90 Å². The van der Waals surface area contributed by atoms with Crippen molar-refractivity contribution in [3.8, 4) is 0 Å². The van der Waals surface area contributed by atoms with Crippen LogP contribution in [-0.4, -0.2) is 24.5 Å². The fraction of sp³-hybridized carbons (Fsp3) is 0.500. The van der Waals surface area contributed by atoms with Crippen LogP contribution in [0.4, 0.5) is 0 Å². The normalized spacial score (nSPS) is 17.2. The zero-order valence-electron chi connectivity index (χ0n) is 3.68. The smallest absolute Gasteiger partial charge is 0.119 e. The minimum atomic E-state index is 0.778. The third-order valence-corrected chi connectivity index (χ3v) is 0.663. The molecule has 2 heteroatoms. The molecule has 0 saturated heterocycles. The Kier molecular flexibility index (Phi) is 0.659. The van der Waals surface area contributed by atoms with E-state index < -0.39 is 0 Å². The van der Waals surface area contributed by atoms with Gasteiger partial charge in [0.1, 0.15) is 6.67 Å². The molecule has 0 unspecified atom stereocenters. The van der Waals surface area contributed by atoms with Gasteiger partial charge in [-0.25, -0.2) is 4.99 Å². The summed E-state index contributed by atoms with van der Waals surface area (Å²) in [5.74, 6) is 2.70. The zero-order chi connectivity index (χ0) is 4.41. The lowest BCUT2D eigenvalue weighted by molar-refractivity contribution is 0.493. The van der Waals surface area contributed by atoms with E-state index in [1.54, 1.807) is 0 Å². The molecule has 0 N–H and O–H groups in total. The highest BCUT2D eigenvalue weighted by Crippen LogP contribution is 1.84. The number of hydrogen-bond donors (Lipinski definition) is 0. The van der Waals surface area contributed by atoms with Crippen LogP contribution in [0, 0.1) is 0 Å². The van der Waals surface area contributed by atoms with E-state index in [-0.39, 0.29) is 0 Å². The molecule has 0 bridgehead atoms. The van der Waals surface area contributed by atoms with E-state index in [0.717, 1.165) is 6.67 Å². The molecule has 0 atom stereocenters. The molecule has 0 aliphatic carbocycles. The molecule has 0 aromatic rings. The monoisotopic (exact) mass is 82.1 g/mol. The van der Waals surface area contributed by atoms with Gasteiger partial charge < -0.3 is 4.90 Å². The summed E-state index contributed by atoms with van der Waals surface area (Å²) in [6.45, 7) is 0.778. The lowest BCUT2D eigenvalue weighted by Crippen LogP contribution is -2.04. The summed E-state index contributed by atoms with van der Waals surface area (Å²) in [7, 11) is 1.96. The number of hydrogen-bond acceptors (Lipinski definition) is 2. The largest absolute Gasteiger partial charge is 0.353 e. The van der Waals surface area contributed by atoms with Gasteiger partial charge in [-0.05, 0) is 0 Å². The molecule has 0 aromatic carbocycles. The molecular weight excluding hydrogens is 76.1 g/mol. The van der Waals surface area contributed by atoms with E-state index in [0.29, 0.717) is 0 Å². The van der Waals surface area contributed by atoms with Crippen LogP contribution in [0.1, 0.15) is 0 Å². The van der Waals surface area contributed by atoms with E-state index in [4.69, 9.17) is 0 Å². The van der Waals surface area contributed by atoms with Gasteiger partial charge in [-0.1, -0.05) is 0 Å². The fourth-order valence-electron chi connectivity index (χ4n) is 0.333. The van der Waals surface area contributed by atoms with Crippen LogP contribution in [-0.2, 0) is 0 Å². The van der Waals surface area contributed by atoms with Gasteiger partial charge in [-0.3, -0.25) is 0 Å². The highest BCUT2D eigenvalue weighted by molar-refractivity contribution is 5.52. The molecule has 0 aromatic heterocycles. The maximum atomic E-state index is 3.78. The minimum Gasteiger partial charge on any atom is -0.353 e. The quantitative estimate of drug-likeness (QED) is 0.404. The van der Waals surface area contributed by atoms with Crippen molar-refractivity contribution >= 4 is 5.87 Å². The Morgan fingerprint density at radius 2 is 2.83 bits per heavy atom. The molecule has 1 rings (SSSR count). The summed E-state index contributed by atoms with van der Waals surface area (Å²) in [4.78, 5) is 5.74. The summed E-state index contributed by atoms with van der Waals surface area (Å²) in [6, 6.07) is 0. The third-order valence-electron chi connectivity index (χ3n) is 0.663. The van der Waals surface area contributed by atoms with E-state index in [1.165, 1.54) is 0 Å². The van der Waals surface area contributed by atoms with E-state index in [2.05, 4.69) is 10.9 Å². The summed E-state index contributed by atoms with van der Waals surface area (Å²) in [5.41, 5.74) is 0. The van der Waals surface area contributed by atoms with Crippen molar-refractivity contribution in [3.05, 3.63) is 6.20 Å². The number of aliphatic imine (C=N–C) groups is 1. The first-order chi connectivity index (χ1) is 2.89. The zero-order valence-corrected chi connectivity index (χ0v) is 3.68. The molecule has 0 radical (unpaired) electrons. The first kappa shape index (κ1) is 3.44. The summed E-state index contributed by atoms with van der Waals surface area (Å²) >= 11 is 0. The summed E-state index contributed by atoms with van der Waals surface area (Å²) in [6.07, 6.45) is 1.82. The summed E-state index contributed by atoms with van der Waals surface area (Å²) < 4.78 is 0. The van der Waals surface area contributed by atoms with E-state index >= 15 is 0 Å². The molecule has 0 amide bonds. The van der Waals surface area contributed by atoms with Gasteiger partial charge in [-0.15, -0.1) is 0 Å². The maximum absolute atomic E-state index is 3.78. The Bertz CT molecular complexity index is 100. The number of rotatable bonds is 0. The minimum absolute atomic E-state index is 0.778. The molecule has 1 heterocycles. The van der Waals surface area contributed by atoms with Crippen LogP contribution in [0.3, 0.4) is 0 Å². The standard InChI is InChI=1S/C4H6N2/c1-6-3-2-5-4-6/h3H,4H2,1H3. The van der Waals surface area contributed by atoms with Crippen LogP contribution in [0.5, 0.6) is 0 Å². The van der Waals surface area contributed by atoms with Crippen molar-refractivity contribution in [2.24, 2.45) is 4.99 Å². The Morgan fingerprint density at radius 1 is 2.00 bits per heavy atom. The molecule has 0 fully saturated rings. The second-order valence-corrected chi connectivity index (χ2v) is 1.31. The van der Waals surface area contributed by atoms with Crippen LogP contribution < -0.4 is 0 Å². The van der Waals surface area contributed by atoms with Crippen molar-refractivity contribution in [1.29, 1.82) is 0 Å². The van der Waals surface area contributed by atoms with Gasteiger partial charge in [0.15, 0.2) is 0 Å². The van der Waals surface area contributed by atoms with Crippen molar-refractivity contribution in [2.75, 3.05) is 13.7 Å². The van der Waals surface area contributed by atoms with Crippen molar-refractivity contribution in [2.45, 2.75) is 0 Å². The first-order valence-corrected chi connectivity index (χ1v) is 1.85. The molecule has 1 aliphatic heterocycles. The van der Waals surface area contributed by atoms with Gasteiger partial charge in [0, 0.05) is 12.9 Å². The Hall–Kier alpha value is -0.750. The average Bonchev–Trinajstić information content (AvgIpc) is 1.86. The topological polar surface area (TPSA) is 15.6 Å². The van der Waals surface area contributed by atoms with E-state index in [1.807, 2.05) is 18.1 Å². The second-order valence-electron chi connectivity index (χ2n) is 1.31. The first-order valence-electron chi connectivity index (χ1n) is 1.85. The van der Waals surface area contributed by atoms with Crippen LogP contribution in [0.15, 0.2) is 11.2 Å². The SMILES string of the molecule is CN1C=C=NC1. The van der Waals surface area contributed by atoms with Crippen molar-refractivity contribution < 1.29 is 0 Å². The lowest BCUT2D eigenvalue weighted by Gasteiger charge is -1.99. The van der Waals surface area contributed by atoms with E-state index in [9.17, 15) is 0 Å². The number of nitrogens with zero attached hydrogens (tertiary/aromatic N) is 2. The Morgan fingerprint density at radius 3 is 3.00 bits per heavy atom. The lowest BCUT2D eigenvalue weighted by atomic mass is 10.9. The highest BCUT2D eigenvalue weighted by atomic mass is 15.2. The second kappa shape index (κ2) is 1.15. The van der Waals surface area contributed by atoms with Crippen LogP contribution >= 0.6 is 0 Å². The fourth-order valence-corrected chi connectivity index (χ4v) is 0.333. The van der Waals surface area contributed by atoms with Gasteiger partial charge in [0.2, 0.25) is 0 Å². The molecule has 1 aliphatic rings. The molecule has 32 valence electrons. The molecule has 0 spiro atoms. The summed E-state index contributed by atoms with van der Waals surface area (Å²) in [5, 5.41) is 0. The average molecular weight is 82.1 g/mol. The van der Waals surface area contributed by atoms with Gasteiger partial charge in [0.05, 0.1) is 6.20 Å². The predicted molar refractivity (Wildman–Crippen MR) is 24.6 cm³/mol. The van der Waals surface area contributed by atoms with Gasteiger partial charge >= 0.3 is 0 Å². The third kappa shape index (κ3) is 0.421. The highest BCUT2D eigenvalue weighted by Gasteiger charge is 1.87. The van der Waals surface area contributed by atoms with Gasteiger partial charge in [-0.2, -0.15) is 0 Å². The maximum Gasteiger partial charge on any atom is 0.119 e. The van der Waals surface area contributed by atoms with Crippen LogP contribution in [0.2, 0.25) is 0 Å². The van der Waals surface area contributed by atoms with Crippen molar-refractivity contribution in [3.63, 3.8) is 0 Å². The Balaban J connectivity index is 2.55. The van der Waals surface area contributed by atoms with Crippen LogP contribution in [0.25, 0.3) is 0 Å². The molecule has 2 nitrogen and oxygen atoms in total. The predicted octanol–water partition coefficient (Wildman–Crippen LogP) is 0.0727. The molecule has 0 saturated carbocycles. The molecular formula is C4H6N2. The van der Waals surface area contributed by atoms with Gasteiger partial charge in [0.25, 0.3) is 0 Å².